The maximum absolute atomic E-state index is 12.9. The molecule has 0 bridgehead atoms. The highest BCUT2D eigenvalue weighted by Gasteiger charge is 2.21. The molecule has 35 heavy (non-hydrogen) atoms. The zero-order valence-corrected chi connectivity index (χ0v) is 20.5. The number of thiophene rings is 1. The first-order valence-corrected chi connectivity index (χ1v) is 12.6. The molecule has 0 radical (unpaired) electrons. The molecule has 0 saturated carbocycles. The topological polar surface area (TPSA) is 102 Å². The van der Waals surface area contributed by atoms with Gasteiger partial charge in [-0.2, -0.15) is 5.10 Å². The molecule has 2 unspecified atom stereocenters. The van der Waals surface area contributed by atoms with E-state index in [-0.39, 0.29) is 11.8 Å². The number of hydrogen-bond acceptors (Lipinski definition) is 6. The monoisotopic (exact) mass is 488 g/mol. The van der Waals surface area contributed by atoms with Crippen LogP contribution in [-0.2, 0) is 6.54 Å². The average molecular weight is 489 g/mol. The molecular weight excluding hydrogens is 460 g/mol. The Kier molecular flexibility index (Phi) is 6.52. The number of nitrogens with one attached hydrogen (secondary N) is 4. The van der Waals surface area contributed by atoms with Crippen molar-refractivity contribution in [2.24, 2.45) is 0 Å². The summed E-state index contributed by atoms with van der Waals surface area (Å²) in [6, 6.07) is 17.7. The molecule has 9 heteroatoms. The lowest BCUT2D eigenvalue weighted by molar-refractivity contribution is 0.0950. The maximum atomic E-state index is 12.9. The number of aromatic amines is 1. The van der Waals surface area contributed by atoms with Crippen LogP contribution in [0.25, 0.3) is 10.9 Å². The van der Waals surface area contributed by atoms with Crippen LogP contribution in [-0.4, -0.2) is 47.2 Å². The second-order valence-corrected chi connectivity index (χ2v) is 10.0. The summed E-state index contributed by atoms with van der Waals surface area (Å²) in [6.07, 6.45) is 0. The molecule has 2 aromatic carbocycles. The number of carbonyl (C=O) groups is 2. The fourth-order valence-electron chi connectivity index (χ4n) is 4.47. The maximum Gasteiger partial charge on any atom is 0.256 e. The van der Waals surface area contributed by atoms with Gasteiger partial charge in [0.1, 0.15) is 0 Å². The smallest absolute Gasteiger partial charge is 0.256 e. The van der Waals surface area contributed by atoms with Crippen LogP contribution >= 0.6 is 11.3 Å². The molecule has 2 atom stereocenters. The van der Waals surface area contributed by atoms with Gasteiger partial charge < -0.3 is 20.9 Å². The number of rotatable bonds is 6. The minimum atomic E-state index is -0.250. The van der Waals surface area contributed by atoms with Gasteiger partial charge in [0.25, 0.3) is 11.8 Å². The summed E-state index contributed by atoms with van der Waals surface area (Å²) >= 11 is 1.60. The predicted octanol–water partition coefficient (Wildman–Crippen LogP) is 3.99. The normalized spacial score (nSPS) is 17.9. The molecule has 2 amide bonds. The number of anilines is 2. The molecule has 2 aromatic heterocycles. The molecule has 5 rings (SSSR count). The van der Waals surface area contributed by atoms with E-state index in [1.54, 1.807) is 29.5 Å². The highest BCUT2D eigenvalue weighted by Crippen LogP contribution is 2.24. The van der Waals surface area contributed by atoms with E-state index in [1.807, 2.05) is 41.8 Å². The van der Waals surface area contributed by atoms with E-state index in [4.69, 9.17) is 0 Å². The minimum absolute atomic E-state index is 0.175. The predicted molar refractivity (Wildman–Crippen MR) is 140 cm³/mol. The third-order valence-corrected chi connectivity index (χ3v) is 6.99. The number of piperazine rings is 1. The van der Waals surface area contributed by atoms with Gasteiger partial charge in [0.05, 0.1) is 12.1 Å². The fourth-order valence-corrected chi connectivity index (χ4v) is 5.12. The number of fused-ring (bicyclic) bond motifs is 1. The average Bonchev–Trinajstić information content (AvgIpc) is 3.52. The SMILES string of the molecule is CC1CN(c2ccc(C(=O)Nc3n[nH]c4ccc(C(=O)NCc5cccs5)cc34)cc2)CC(C)N1. The molecule has 1 fully saturated rings. The van der Waals surface area contributed by atoms with Crippen molar-refractivity contribution in [2.75, 3.05) is 23.3 Å². The Labute approximate surface area is 207 Å². The van der Waals surface area contributed by atoms with E-state index in [2.05, 4.69) is 44.9 Å². The first-order chi connectivity index (χ1) is 17.0. The van der Waals surface area contributed by atoms with E-state index < -0.39 is 0 Å². The summed E-state index contributed by atoms with van der Waals surface area (Å²) in [7, 11) is 0. The van der Waals surface area contributed by atoms with Crippen LogP contribution in [0, 0.1) is 0 Å². The van der Waals surface area contributed by atoms with Crippen LogP contribution in [0.4, 0.5) is 11.5 Å². The first kappa shape index (κ1) is 23.1. The van der Waals surface area contributed by atoms with Crippen molar-refractivity contribution in [1.29, 1.82) is 0 Å². The lowest BCUT2D eigenvalue weighted by Gasteiger charge is -2.37. The molecule has 1 saturated heterocycles. The van der Waals surface area contributed by atoms with Gasteiger partial charge in [0.2, 0.25) is 0 Å². The second kappa shape index (κ2) is 9.89. The summed E-state index contributed by atoms with van der Waals surface area (Å²) in [4.78, 5) is 29.0. The lowest BCUT2D eigenvalue weighted by Crippen LogP contribution is -2.54. The van der Waals surface area contributed by atoms with Crippen LogP contribution in [0.1, 0.15) is 39.4 Å². The zero-order valence-electron chi connectivity index (χ0n) is 19.7. The molecule has 0 aliphatic carbocycles. The molecule has 4 aromatic rings. The highest BCUT2D eigenvalue weighted by atomic mass is 32.1. The zero-order chi connectivity index (χ0) is 24.4. The van der Waals surface area contributed by atoms with Gasteiger partial charge in [-0.1, -0.05) is 6.07 Å². The molecule has 8 nitrogen and oxygen atoms in total. The highest BCUT2D eigenvalue weighted by molar-refractivity contribution is 7.09. The van der Waals surface area contributed by atoms with Crippen molar-refractivity contribution in [1.82, 2.24) is 20.8 Å². The Balaban J connectivity index is 1.27. The molecular formula is C26H28N6O2S. The van der Waals surface area contributed by atoms with Gasteiger partial charge >= 0.3 is 0 Å². The number of nitrogens with zero attached hydrogens (tertiary/aromatic N) is 2. The first-order valence-electron chi connectivity index (χ1n) is 11.7. The van der Waals surface area contributed by atoms with E-state index >= 15 is 0 Å². The molecule has 4 N–H and O–H groups in total. The van der Waals surface area contributed by atoms with Crippen molar-refractivity contribution in [3.05, 3.63) is 76.0 Å². The van der Waals surface area contributed by atoms with Gasteiger partial charge in [-0.15, -0.1) is 11.3 Å². The van der Waals surface area contributed by atoms with Gasteiger partial charge in [-0.25, -0.2) is 0 Å². The number of hydrogen-bond donors (Lipinski definition) is 4. The Bertz CT molecular complexity index is 1320. The third kappa shape index (κ3) is 5.21. The summed E-state index contributed by atoms with van der Waals surface area (Å²) in [5.41, 5.74) is 2.90. The van der Waals surface area contributed by atoms with Crippen molar-refractivity contribution < 1.29 is 9.59 Å². The van der Waals surface area contributed by atoms with Crippen LogP contribution in [0.3, 0.4) is 0 Å². The quantitative estimate of drug-likeness (QED) is 0.329. The summed E-state index contributed by atoms with van der Waals surface area (Å²) in [5, 5.41) is 19.2. The van der Waals surface area contributed by atoms with E-state index in [0.717, 1.165) is 29.2 Å². The Morgan fingerprint density at radius 3 is 2.49 bits per heavy atom. The molecule has 180 valence electrons. The largest absolute Gasteiger partial charge is 0.368 e. The number of aromatic nitrogens is 2. The Morgan fingerprint density at radius 2 is 1.77 bits per heavy atom. The lowest BCUT2D eigenvalue weighted by atomic mass is 10.1. The number of H-pyrrole nitrogens is 1. The van der Waals surface area contributed by atoms with Gasteiger partial charge in [0.15, 0.2) is 5.82 Å². The third-order valence-electron chi connectivity index (χ3n) is 6.11. The van der Waals surface area contributed by atoms with Crippen LogP contribution < -0.4 is 20.9 Å². The molecule has 1 aliphatic heterocycles. The van der Waals surface area contributed by atoms with Crippen LogP contribution in [0.5, 0.6) is 0 Å². The Morgan fingerprint density at radius 1 is 1.03 bits per heavy atom. The van der Waals surface area contributed by atoms with Gasteiger partial charge in [-0.05, 0) is 67.8 Å². The number of benzene rings is 2. The van der Waals surface area contributed by atoms with Crippen molar-refractivity contribution in [2.45, 2.75) is 32.5 Å². The van der Waals surface area contributed by atoms with Gasteiger partial charge in [0, 0.05) is 52.3 Å². The molecule has 3 heterocycles. The van der Waals surface area contributed by atoms with Gasteiger partial charge in [-0.3, -0.25) is 14.7 Å². The standard InChI is InChI=1S/C26H28N6O2S/c1-16-14-32(15-17(2)28-16)20-8-5-18(6-9-20)26(34)29-24-22-12-19(7-10-23(22)30-31-24)25(33)27-13-21-4-3-11-35-21/h3-12,16-17,28H,13-15H2,1-2H3,(H,27,33)(H2,29,30,31,34). The number of amides is 2. The summed E-state index contributed by atoms with van der Waals surface area (Å²) in [5.74, 6) is -0.0304. The summed E-state index contributed by atoms with van der Waals surface area (Å²) in [6.45, 7) is 6.69. The van der Waals surface area contributed by atoms with E-state index in [0.29, 0.717) is 41.0 Å². The van der Waals surface area contributed by atoms with E-state index in [1.165, 1.54) is 0 Å². The summed E-state index contributed by atoms with van der Waals surface area (Å²) < 4.78 is 0. The van der Waals surface area contributed by atoms with Crippen molar-refractivity contribution in [3.8, 4) is 0 Å². The van der Waals surface area contributed by atoms with Crippen LogP contribution in [0.2, 0.25) is 0 Å². The fraction of sp³-hybridized carbons (Fsp3) is 0.269. The minimum Gasteiger partial charge on any atom is -0.368 e. The Hall–Kier alpha value is -3.69. The molecule has 0 spiro atoms. The second-order valence-electron chi connectivity index (χ2n) is 8.97. The van der Waals surface area contributed by atoms with Crippen molar-refractivity contribution in [3.63, 3.8) is 0 Å². The number of carbonyl (C=O) groups excluding carboxylic acids is 2. The molecule has 1 aliphatic rings. The van der Waals surface area contributed by atoms with Crippen molar-refractivity contribution >= 4 is 45.6 Å². The van der Waals surface area contributed by atoms with Crippen LogP contribution in [0.15, 0.2) is 60.0 Å². The van der Waals surface area contributed by atoms with E-state index in [9.17, 15) is 9.59 Å².